The molecule has 1 aromatic heterocycles. The molecule has 4 N–H and O–H groups in total. The number of hydrogen-bond acceptors (Lipinski definition) is 13. The van der Waals surface area contributed by atoms with E-state index in [-0.39, 0.29) is 47.7 Å². The predicted molar refractivity (Wildman–Crippen MR) is 248 cm³/mol. The fourth-order valence-corrected chi connectivity index (χ4v) is 10.6. The normalized spacial score (nSPS) is 22.7. The monoisotopic (exact) mass is 916 g/mol. The minimum absolute atomic E-state index is 0.0501. The number of nitrogens with two attached hydrogens (primary N) is 1. The summed E-state index contributed by atoms with van der Waals surface area (Å²) in [6, 6.07) is 12.5. The van der Waals surface area contributed by atoms with Crippen molar-refractivity contribution >= 4 is 58.8 Å². The van der Waals surface area contributed by atoms with Gasteiger partial charge >= 0.3 is 6.03 Å². The van der Waals surface area contributed by atoms with Crippen molar-refractivity contribution in [1.82, 2.24) is 44.7 Å². The molecule has 0 aliphatic carbocycles. The molecule has 2 atom stereocenters. The molecule has 354 valence electrons. The highest BCUT2D eigenvalue weighted by atomic mass is 16.2. The van der Waals surface area contributed by atoms with Crippen LogP contribution in [-0.4, -0.2) is 179 Å². The van der Waals surface area contributed by atoms with Crippen molar-refractivity contribution in [2.45, 2.75) is 75.8 Å². The number of fused-ring (bicyclic) bond motifs is 1. The van der Waals surface area contributed by atoms with Gasteiger partial charge in [0.15, 0.2) is 11.5 Å². The summed E-state index contributed by atoms with van der Waals surface area (Å²) in [6.45, 7) is 10.8. The summed E-state index contributed by atoms with van der Waals surface area (Å²) in [5, 5.41) is 5.53. The van der Waals surface area contributed by atoms with E-state index in [2.05, 4.69) is 49.4 Å². The second-order valence-electron chi connectivity index (χ2n) is 19.1. The number of hydrogen-bond donors (Lipinski definition) is 3. The largest absolute Gasteiger partial charge is 0.364 e. The first kappa shape index (κ1) is 45.7. The summed E-state index contributed by atoms with van der Waals surface area (Å²) in [5.74, 6) is -1.63. The number of urea groups is 1. The zero-order chi connectivity index (χ0) is 47.0. The minimum atomic E-state index is -0.989. The predicted octanol–water partition coefficient (Wildman–Crippen LogP) is 2.19. The van der Waals surface area contributed by atoms with E-state index in [1.165, 1.54) is 5.56 Å². The van der Waals surface area contributed by atoms with Crippen molar-refractivity contribution in [2.24, 2.45) is 5.73 Å². The molecule has 0 radical (unpaired) electrons. The molecule has 3 aromatic rings. The molecule has 6 aliphatic rings. The first-order valence-corrected chi connectivity index (χ1v) is 23.6. The molecule has 0 spiro atoms. The van der Waals surface area contributed by atoms with Gasteiger partial charge in [-0.1, -0.05) is 31.2 Å². The number of amides is 8. The number of nitrogens with one attached hydrogen (secondary N) is 2. The zero-order valence-electron chi connectivity index (χ0n) is 38.4. The van der Waals surface area contributed by atoms with Gasteiger partial charge in [-0.05, 0) is 86.2 Å². The summed E-state index contributed by atoms with van der Waals surface area (Å²) in [4.78, 5) is 112. The van der Waals surface area contributed by atoms with Crippen molar-refractivity contribution in [2.75, 3.05) is 95.8 Å². The number of anilines is 3. The van der Waals surface area contributed by atoms with E-state index in [4.69, 9.17) is 10.7 Å². The Labute approximate surface area is 390 Å². The molecule has 0 saturated carbocycles. The van der Waals surface area contributed by atoms with E-state index in [0.717, 1.165) is 87.5 Å². The first-order valence-electron chi connectivity index (χ1n) is 23.6. The maximum absolute atomic E-state index is 13.5. The van der Waals surface area contributed by atoms with E-state index in [9.17, 15) is 33.6 Å². The van der Waals surface area contributed by atoms with E-state index in [1.54, 1.807) is 23.2 Å². The summed E-state index contributed by atoms with van der Waals surface area (Å²) in [7, 11) is 1.83. The molecule has 2 aromatic carbocycles. The quantitative estimate of drug-likeness (QED) is 0.210. The number of carbonyl (C=O) groups is 7. The van der Waals surface area contributed by atoms with Crippen LogP contribution < -0.4 is 21.3 Å². The standard InChI is InChI=1S/C48H60N12O7/c1-48(32-10-12-33(13-11-32)51-43-41(42(49)63)50-28-37(52-43)58-19-5-8-34(29-58)59-27-22-54(2)47(59)67)16-20-57(21-17-48)39(62)30-56-25-23-55(24-26-56)18-4-7-31-6-3-9-35-40(31)46(66)60(45(35)65)36-14-15-38(61)53-44(36)64/h3,6,9-13,28,34,36H,4-5,7-8,14-27,29-30H2,1-2H3,(H2,49,63)(H,51,52)(H,53,61,64)/t34-,36?/m1/s1. The topological polar surface area (TPSA) is 218 Å². The van der Waals surface area contributed by atoms with E-state index in [0.29, 0.717) is 62.6 Å². The Morgan fingerprint density at radius 3 is 2.33 bits per heavy atom. The molecule has 5 saturated heterocycles. The maximum Gasteiger partial charge on any atom is 0.320 e. The van der Waals surface area contributed by atoms with Crippen LogP contribution in [0.4, 0.5) is 22.1 Å². The molecule has 8 amide bonds. The van der Waals surface area contributed by atoms with Crippen LogP contribution >= 0.6 is 0 Å². The van der Waals surface area contributed by atoms with Crippen LogP contribution in [0.1, 0.15) is 94.2 Å². The first-order chi connectivity index (χ1) is 32.3. The van der Waals surface area contributed by atoms with Crippen LogP contribution in [0, 0.1) is 0 Å². The lowest BCUT2D eigenvalue weighted by atomic mass is 9.74. The zero-order valence-corrected chi connectivity index (χ0v) is 38.4. The van der Waals surface area contributed by atoms with Gasteiger partial charge in [0.25, 0.3) is 17.7 Å². The van der Waals surface area contributed by atoms with Crippen LogP contribution in [0.25, 0.3) is 0 Å². The van der Waals surface area contributed by atoms with Crippen molar-refractivity contribution in [1.29, 1.82) is 0 Å². The molecule has 7 heterocycles. The highest BCUT2D eigenvalue weighted by Gasteiger charge is 2.45. The van der Waals surface area contributed by atoms with Crippen molar-refractivity contribution in [3.63, 3.8) is 0 Å². The Balaban J connectivity index is 0.724. The van der Waals surface area contributed by atoms with Gasteiger partial charge in [-0.2, -0.15) is 0 Å². The third-order valence-electron chi connectivity index (χ3n) is 14.8. The Kier molecular flexibility index (Phi) is 13.0. The molecule has 5 fully saturated rings. The van der Waals surface area contributed by atoms with Crippen molar-refractivity contribution in [3.05, 3.63) is 76.6 Å². The highest BCUT2D eigenvalue weighted by Crippen LogP contribution is 2.37. The SMILES string of the molecule is CN1CCN([C@@H]2CCCN(c3cnc(C(N)=O)c(Nc4ccc(C5(C)CCN(C(=O)CN6CCN(CCCc7cccc8c7C(=O)N(C7CCC(=O)NC7=O)C8=O)CC6)CC5)cc4)n3)C2)C1=O. The lowest BCUT2D eigenvalue weighted by molar-refractivity contribution is -0.136. The summed E-state index contributed by atoms with van der Waals surface area (Å²) in [6.07, 6.45) is 6.64. The molecule has 1 unspecified atom stereocenters. The summed E-state index contributed by atoms with van der Waals surface area (Å²) < 4.78 is 0. The number of benzene rings is 2. The lowest BCUT2D eigenvalue weighted by Crippen LogP contribution is -2.54. The summed E-state index contributed by atoms with van der Waals surface area (Å²) >= 11 is 0. The molecular formula is C48H60N12O7. The van der Waals surface area contributed by atoms with Crippen molar-refractivity contribution in [3.8, 4) is 0 Å². The number of piperazine rings is 1. The fraction of sp³-hybridized carbons (Fsp3) is 0.521. The van der Waals surface area contributed by atoms with E-state index in [1.807, 2.05) is 35.0 Å². The Hall–Kier alpha value is -6.47. The van der Waals surface area contributed by atoms with Crippen LogP contribution in [0.15, 0.2) is 48.7 Å². The highest BCUT2D eigenvalue weighted by molar-refractivity contribution is 6.24. The number of likely N-dealkylation sites (tertiary alicyclic amines) is 1. The van der Waals surface area contributed by atoms with Gasteiger partial charge in [-0.15, -0.1) is 0 Å². The van der Waals surface area contributed by atoms with Gasteiger partial charge < -0.3 is 35.6 Å². The average molecular weight is 917 g/mol. The number of aromatic nitrogens is 2. The third-order valence-corrected chi connectivity index (χ3v) is 14.8. The average Bonchev–Trinajstić information content (AvgIpc) is 3.79. The number of primary amides is 1. The Morgan fingerprint density at radius 1 is 0.881 bits per heavy atom. The van der Waals surface area contributed by atoms with E-state index >= 15 is 0 Å². The molecule has 67 heavy (non-hydrogen) atoms. The smallest absolute Gasteiger partial charge is 0.320 e. The van der Waals surface area contributed by atoms with Crippen molar-refractivity contribution < 1.29 is 33.6 Å². The van der Waals surface area contributed by atoms with Gasteiger partial charge in [0.1, 0.15) is 11.9 Å². The number of aryl methyl sites for hydroxylation is 1. The van der Waals surface area contributed by atoms with Crippen LogP contribution in [0.2, 0.25) is 0 Å². The Bertz CT molecular complexity index is 2450. The van der Waals surface area contributed by atoms with Crippen LogP contribution in [0.3, 0.4) is 0 Å². The maximum atomic E-state index is 13.5. The second-order valence-corrected chi connectivity index (χ2v) is 19.1. The van der Waals surface area contributed by atoms with Gasteiger partial charge in [0.05, 0.1) is 29.9 Å². The Morgan fingerprint density at radius 2 is 1.63 bits per heavy atom. The molecule has 0 bridgehead atoms. The molecule has 19 nitrogen and oxygen atoms in total. The number of nitrogens with zero attached hydrogens (tertiary/aromatic N) is 9. The molecular weight excluding hydrogens is 857 g/mol. The lowest BCUT2D eigenvalue weighted by Gasteiger charge is -2.41. The van der Waals surface area contributed by atoms with Gasteiger partial charge in [-0.3, -0.25) is 43.9 Å². The molecule has 6 aliphatic heterocycles. The number of likely N-dealkylation sites (N-methyl/N-ethyl adjacent to an activating group) is 1. The molecule has 19 heteroatoms. The second kappa shape index (κ2) is 19.0. The van der Waals surface area contributed by atoms with Gasteiger partial charge in [0, 0.05) is 84.6 Å². The van der Waals surface area contributed by atoms with Gasteiger partial charge in [0.2, 0.25) is 17.7 Å². The third kappa shape index (κ3) is 9.43. The number of rotatable bonds is 13. The fourth-order valence-electron chi connectivity index (χ4n) is 10.6. The number of piperidine rings is 3. The van der Waals surface area contributed by atoms with Gasteiger partial charge in [-0.25, -0.2) is 14.8 Å². The number of carbonyl (C=O) groups excluding carboxylic acids is 7. The van der Waals surface area contributed by atoms with Crippen LogP contribution in [0.5, 0.6) is 0 Å². The molecule has 9 rings (SSSR count). The summed E-state index contributed by atoms with van der Waals surface area (Å²) in [5.41, 5.74) is 9.01. The number of imide groups is 2. The van der Waals surface area contributed by atoms with E-state index < -0.39 is 35.6 Å². The minimum Gasteiger partial charge on any atom is -0.364 e. The van der Waals surface area contributed by atoms with Crippen LogP contribution in [-0.2, 0) is 26.2 Å².